The van der Waals surface area contributed by atoms with Crippen LogP contribution < -0.4 is 14.4 Å². The van der Waals surface area contributed by atoms with Crippen molar-refractivity contribution in [3.8, 4) is 11.5 Å². The number of anilines is 1. The maximum atomic E-state index is 5.89. The largest absolute Gasteiger partial charge is 0.486 e. The van der Waals surface area contributed by atoms with Gasteiger partial charge in [0.05, 0.1) is 5.69 Å². The summed E-state index contributed by atoms with van der Waals surface area (Å²) in [6, 6.07) is 15.2. The molecule has 2 aromatic carbocycles. The number of benzene rings is 2. The average molecular weight is 367 g/mol. The SMILES string of the molecule is CN(C)Cc1cccc(CN2CCN(c3cccc4c3OCCO4)CC2)c1. The second-order valence-electron chi connectivity index (χ2n) is 7.62. The number of fused-ring (bicyclic) bond motifs is 1. The third kappa shape index (κ3) is 4.37. The van der Waals surface area contributed by atoms with Crippen LogP contribution in [0.4, 0.5) is 5.69 Å². The van der Waals surface area contributed by atoms with Crippen molar-refractivity contribution < 1.29 is 9.47 Å². The lowest BCUT2D eigenvalue weighted by molar-refractivity contribution is 0.171. The maximum absolute atomic E-state index is 5.89. The second kappa shape index (κ2) is 8.19. The molecular formula is C22H29N3O2. The van der Waals surface area contributed by atoms with Crippen LogP contribution in [0.25, 0.3) is 0 Å². The Hall–Kier alpha value is -2.24. The predicted molar refractivity (Wildman–Crippen MR) is 109 cm³/mol. The summed E-state index contributed by atoms with van der Waals surface area (Å²) >= 11 is 0. The smallest absolute Gasteiger partial charge is 0.184 e. The van der Waals surface area contributed by atoms with E-state index < -0.39 is 0 Å². The number of hydrogen-bond donors (Lipinski definition) is 0. The van der Waals surface area contributed by atoms with Crippen molar-refractivity contribution in [3.05, 3.63) is 53.6 Å². The van der Waals surface area contributed by atoms with Crippen LogP contribution in [0.5, 0.6) is 11.5 Å². The molecule has 0 atom stereocenters. The quantitative estimate of drug-likeness (QED) is 0.810. The number of ether oxygens (including phenoxy) is 2. The Labute approximate surface area is 162 Å². The summed E-state index contributed by atoms with van der Waals surface area (Å²) in [5.74, 6) is 1.78. The highest BCUT2D eigenvalue weighted by atomic mass is 16.6. The number of rotatable bonds is 5. The molecule has 0 spiro atoms. The van der Waals surface area contributed by atoms with Gasteiger partial charge in [0.25, 0.3) is 0 Å². The van der Waals surface area contributed by atoms with Crippen LogP contribution >= 0.6 is 0 Å². The molecule has 144 valence electrons. The highest BCUT2D eigenvalue weighted by Gasteiger charge is 2.23. The van der Waals surface area contributed by atoms with Crippen molar-refractivity contribution in [2.24, 2.45) is 0 Å². The molecular weight excluding hydrogens is 338 g/mol. The summed E-state index contributed by atoms with van der Waals surface area (Å²) < 4.78 is 11.6. The lowest BCUT2D eigenvalue weighted by Gasteiger charge is -2.37. The zero-order valence-electron chi connectivity index (χ0n) is 16.4. The van der Waals surface area contributed by atoms with Crippen molar-refractivity contribution >= 4 is 5.69 Å². The second-order valence-corrected chi connectivity index (χ2v) is 7.62. The van der Waals surface area contributed by atoms with Gasteiger partial charge in [0, 0.05) is 39.3 Å². The molecule has 0 aromatic heterocycles. The highest BCUT2D eigenvalue weighted by molar-refractivity contribution is 5.65. The molecule has 0 radical (unpaired) electrons. The summed E-state index contributed by atoms with van der Waals surface area (Å²) in [4.78, 5) is 7.18. The lowest BCUT2D eigenvalue weighted by Crippen LogP contribution is -2.46. The van der Waals surface area contributed by atoms with Gasteiger partial charge in [0.1, 0.15) is 13.2 Å². The fourth-order valence-electron chi connectivity index (χ4n) is 3.90. The van der Waals surface area contributed by atoms with Gasteiger partial charge in [0.15, 0.2) is 11.5 Å². The van der Waals surface area contributed by atoms with E-state index in [1.807, 2.05) is 6.07 Å². The summed E-state index contributed by atoms with van der Waals surface area (Å²) in [7, 11) is 4.23. The minimum Gasteiger partial charge on any atom is -0.486 e. The average Bonchev–Trinajstić information content (AvgIpc) is 2.68. The summed E-state index contributed by atoms with van der Waals surface area (Å²) in [6.45, 7) is 7.41. The van der Waals surface area contributed by atoms with Crippen molar-refractivity contribution in [1.82, 2.24) is 9.80 Å². The molecule has 2 aliphatic heterocycles. The van der Waals surface area contributed by atoms with E-state index in [2.05, 4.69) is 65.2 Å². The Morgan fingerprint density at radius 2 is 1.63 bits per heavy atom. The molecule has 1 fully saturated rings. The molecule has 5 heteroatoms. The Morgan fingerprint density at radius 3 is 2.44 bits per heavy atom. The molecule has 0 N–H and O–H groups in total. The predicted octanol–water partition coefficient (Wildman–Crippen LogP) is 2.84. The van der Waals surface area contributed by atoms with E-state index in [1.165, 1.54) is 16.8 Å². The van der Waals surface area contributed by atoms with Gasteiger partial charge < -0.3 is 19.3 Å². The third-order valence-electron chi connectivity index (χ3n) is 5.15. The number of para-hydroxylation sites is 1. The van der Waals surface area contributed by atoms with Crippen LogP contribution in [0.1, 0.15) is 11.1 Å². The van der Waals surface area contributed by atoms with E-state index in [9.17, 15) is 0 Å². The van der Waals surface area contributed by atoms with Crippen LogP contribution in [-0.2, 0) is 13.1 Å². The minimum absolute atomic E-state index is 0.632. The van der Waals surface area contributed by atoms with E-state index >= 15 is 0 Å². The third-order valence-corrected chi connectivity index (χ3v) is 5.15. The van der Waals surface area contributed by atoms with E-state index in [1.54, 1.807) is 0 Å². The molecule has 0 amide bonds. The zero-order valence-corrected chi connectivity index (χ0v) is 16.4. The minimum atomic E-state index is 0.632. The van der Waals surface area contributed by atoms with Crippen molar-refractivity contribution in [1.29, 1.82) is 0 Å². The standard InChI is InChI=1S/C22H29N3O2/c1-23(2)16-18-5-3-6-19(15-18)17-24-9-11-25(12-10-24)20-7-4-8-21-22(20)27-14-13-26-21/h3-8,15H,9-14,16-17H2,1-2H3. The first-order valence-corrected chi connectivity index (χ1v) is 9.77. The molecule has 2 aromatic rings. The molecule has 0 unspecified atom stereocenters. The Balaban J connectivity index is 1.37. The van der Waals surface area contributed by atoms with Crippen molar-refractivity contribution in [2.75, 3.05) is 58.4 Å². The Bertz CT molecular complexity index is 770. The van der Waals surface area contributed by atoms with Crippen LogP contribution in [0.2, 0.25) is 0 Å². The highest BCUT2D eigenvalue weighted by Crippen LogP contribution is 2.39. The van der Waals surface area contributed by atoms with Crippen LogP contribution in [0, 0.1) is 0 Å². The van der Waals surface area contributed by atoms with Gasteiger partial charge >= 0.3 is 0 Å². The van der Waals surface area contributed by atoms with Gasteiger partial charge in [-0.2, -0.15) is 0 Å². The maximum Gasteiger partial charge on any atom is 0.184 e. The molecule has 1 saturated heterocycles. The molecule has 27 heavy (non-hydrogen) atoms. The number of nitrogens with zero attached hydrogens (tertiary/aromatic N) is 3. The monoisotopic (exact) mass is 367 g/mol. The topological polar surface area (TPSA) is 28.2 Å². The number of hydrogen-bond acceptors (Lipinski definition) is 5. The molecule has 0 bridgehead atoms. The molecule has 0 aliphatic carbocycles. The summed E-state index contributed by atoms with van der Waals surface area (Å²) in [5.41, 5.74) is 3.95. The van der Waals surface area contributed by atoms with Crippen LogP contribution in [0.3, 0.4) is 0 Å². The van der Waals surface area contributed by atoms with Crippen molar-refractivity contribution in [2.45, 2.75) is 13.1 Å². The first kappa shape index (κ1) is 18.1. The summed E-state index contributed by atoms with van der Waals surface area (Å²) in [6.07, 6.45) is 0. The van der Waals surface area contributed by atoms with E-state index in [-0.39, 0.29) is 0 Å². The van der Waals surface area contributed by atoms with E-state index in [4.69, 9.17) is 9.47 Å². The van der Waals surface area contributed by atoms with Gasteiger partial charge in [-0.1, -0.05) is 30.3 Å². The van der Waals surface area contributed by atoms with Gasteiger partial charge in [-0.15, -0.1) is 0 Å². The Kier molecular flexibility index (Phi) is 5.50. The van der Waals surface area contributed by atoms with E-state index in [0.717, 1.165) is 50.8 Å². The molecule has 2 heterocycles. The fourth-order valence-corrected chi connectivity index (χ4v) is 3.90. The molecule has 4 rings (SSSR count). The molecule has 0 saturated carbocycles. The van der Waals surface area contributed by atoms with Gasteiger partial charge in [-0.3, -0.25) is 4.90 Å². The van der Waals surface area contributed by atoms with Crippen molar-refractivity contribution in [3.63, 3.8) is 0 Å². The Morgan fingerprint density at radius 1 is 0.889 bits per heavy atom. The lowest BCUT2D eigenvalue weighted by atomic mass is 10.1. The molecule has 5 nitrogen and oxygen atoms in total. The molecule has 2 aliphatic rings. The summed E-state index contributed by atoms with van der Waals surface area (Å²) in [5, 5.41) is 0. The van der Waals surface area contributed by atoms with Gasteiger partial charge in [-0.25, -0.2) is 0 Å². The number of piperazine rings is 1. The van der Waals surface area contributed by atoms with Crippen LogP contribution in [0.15, 0.2) is 42.5 Å². The zero-order chi connectivity index (χ0) is 18.6. The normalized spacial score (nSPS) is 17.4. The van der Waals surface area contributed by atoms with Crippen LogP contribution in [-0.4, -0.2) is 63.3 Å². The van der Waals surface area contributed by atoms with Gasteiger partial charge in [0.2, 0.25) is 0 Å². The first-order chi connectivity index (χ1) is 13.2. The van der Waals surface area contributed by atoms with Gasteiger partial charge in [-0.05, 0) is 37.4 Å². The fraction of sp³-hybridized carbons (Fsp3) is 0.455. The first-order valence-electron chi connectivity index (χ1n) is 9.77. The van der Waals surface area contributed by atoms with E-state index in [0.29, 0.717) is 13.2 Å².